The lowest BCUT2D eigenvalue weighted by Crippen LogP contribution is -2.53. The molecule has 0 bridgehead atoms. The van der Waals surface area contributed by atoms with Crippen LogP contribution in [-0.2, 0) is 4.79 Å². The van der Waals surface area contributed by atoms with Gasteiger partial charge < -0.3 is 20.5 Å². The number of hydrogen-bond acceptors (Lipinski definition) is 3. The van der Waals surface area contributed by atoms with E-state index in [-0.39, 0.29) is 0 Å². The van der Waals surface area contributed by atoms with Gasteiger partial charge in [-0.3, -0.25) is 0 Å². The molecule has 6 nitrogen and oxygen atoms in total. The van der Waals surface area contributed by atoms with Crippen LogP contribution in [0.2, 0.25) is 0 Å². The Morgan fingerprint density at radius 3 is 2.35 bits per heavy atom. The number of hydrogen-bond donors (Lipinski definition) is 3. The average Bonchev–Trinajstić information content (AvgIpc) is 2.39. The van der Waals surface area contributed by atoms with Crippen LogP contribution in [0.25, 0.3) is 0 Å². The Kier molecular flexibility index (Phi) is 5.37. The quantitative estimate of drug-likeness (QED) is 0.747. The number of rotatable bonds is 6. The number of carboxylic acids is 1. The number of ether oxygens (including phenoxy) is 1. The van der Waals surface area contributed by atoms with Crippen LogP contribution in [-0.4, -0.2) is 29.8 Å². The van der Waals surface area contributed by atoms with Crippen LogP contribution < -0.4 is 15.4 Å². The standard InChI is InChI=1S/C14H20N2O4/c1-4-9-14(2,12(17)18)16-13(19)15-10-5-7-11(20-3)8-6-10/h5-8H,4,9H2,1-3H3,(H,17,18)(H2,15,16,19). The van der Waals surface area contributed by atoms with Crippen LogP contribution in [0.1, 0.15) is 26.7 Å². The molecule has 20 heavy (non-hydrogen) atoms. The Hall–Kier alpha value is -2.24. The Balaban J connectivity index is 2.67. The molecule has 6 heteroatoms. The van der Waals surface area contributed by atoms with Gasteiger partial charge in [0.2, 0.25) is 0 Å². The molecule has 0 saturated carbocycles. The second-order valence-corrected chi connectivity index (χ2v) is 4.69. The van der Waals surface area contributed by atoms with Gasteiger partial charge in [0, 0.05) is 5.69 Å². The van der Waals surface area contributed by atoms with Crippen molar-refractivity contribution in [1.29, 1.82) is 0 Å². The number of urea groups is 1. The third-order valence-corrected chi connectivity index (χ3v) is 2.96. The lowest BCUT2D eigenvalue weighted by Gasteiger charge is -2.25. The van der Waals surface area contributed by atoms with E-state index in [0.717, 1.165) is 0 Å². The molecule has 0 aliphatic heterocycles. The van der Waals surface area contributed by atoms with Gasteiger partial charge in [-0.05, 0) is 37.6 Å². The van der Waals surface area contributed by atoms with Crippen LogP contribution in [0.5, 0.6) is 5.75 Å². The number of methoxy groups -OCH3 is 1. The maximum atomic E-state index is 11.8. The predicted molar refractivity (Wildman–Crippen MR) is 76.1 cm³/mol. The van der Waals surface area contributed by atoms with Crippen molar-refractivity contribution in [3.63, 3.8) is 0 Å². The first-order valence-corrected chi connectivity index (χ1v) is 6.38. The number of aliphatic carboxylic acids is 1. The van der Waals surface area contributed by atoms with Crippen LogP contribution in [0, 0.1) is 0 Å². The van der Waals surface area contributed by atoms with E-state index in [4.69, 9.17) is 4.74 Å². The van der Waals surface area contributed by atoms with Gasteiger partial charge in [0.1, 0.15) is 11.3 Å². The normalized spacial score (nSPS) is 13.2. The number of amides is 2. The summed E-state index contributed by atoms with van der Waals surface area (Å²) in [7, 11) is 1.55. The molecule has 110 valence electrons. The van der Waals surface area contributed by atoms with Crippen molar-refractivity contribution in [2.75, 3.05) is 12.4 Å². The van der Waals surface area contributed by atoms with Crippen molar-refractivity contribution in [1.82, 2.24) is 5.32 Å². The van der Waals surface area contributed by atoms with E-state index in [2.05, 4.69) is 10.6 Å². The Morgan fingerprint density at radius 2 is 1.90 bits per heavy atom. The Morgan fingerprint density at radius 1 is 1.30 bits per heavy atom. The summed E-state index contributed by atoms with van der Waals surface area (Å²) in [6.45, 7) is 3.36. The molecule has 1 rings (SSSR count). The summed E-state index contributed by atoms with van der Waals surface area (Å²) in [6.07, 6.45) is 1.02. The highest BCUT2D eigenvalue weighted by atomic mass is 16.5. The average molecular weight is 280 g/mol. The fraction of sp³-hybridized carbons (Fsp3) is 0.429. The molecule has 1 atom stereocenters. The molecule has 1 aromatic carbocycles. The van der Waals surface area contributed by atoms with Crippen molar-refractivity contribution in [2.24, 2.45) is 0 Å². The summed E-state index contributed by atoms with van der Waals surface area (Å²) in [6, 6.07) is 6.22. The van der Waals surface area contributed by atoms with Crippen molar-refractivity contribution in [3.8, 4) is 5.75 Å². The van der Waals surface area contributed by atoms with Gasteiger partial charge in [-0.1, -0.05) is 13.3 Å². The summed E-state index contributed by atoms with van der Waals surface area (Å²) in [5.74, 6) is -0.374. The highest BCUT2D eigenvalue weighted by molar-refractivity contribution is 5.93. The smallest absolute Gasteiger partial charge is 0.329 e. The molecule has 2 amide bonds. The monoisotopic (exact) mass is 280 g/mol. The summed E-state index contributed by atoms with van der Waals surface area (Å²) in [5.41, 5.74) is -0.710. The fourth-order valence-corrected chi connectivity index (χ4v) is 1.81. The van der Waals surface area contributed by atoms with Gasteiger partial charge in [-0.25, -0.2) is 9.59 Å². The largest absolute Gasteiger partial charge is 0.497 e. The third-order valence-electron chi connectivity index (χ3n) is 2.96. The number of anilines is 1. The first-order valence-electron chi connectivity index (χ1n) is 6.38. The lowest BCUT2D eigenvalue weighted by atomic mass is 9.97. The van der Waals surface area contributed by atoms with Crippen molar-refractivity contribution in [3.05, 3.63) is 24.3 Å². The topological polar surface area (TPSA) is 87.7 Å². The predicted octanol–water partition coefficient (Wildman–Crippen LogP) is 2.46. The Bertz CT molecular complexity index is 473. The minimum Gasteiger partial charge on any atom is -0.497 e. The zero-order chi connectivity index (χ0) is 15.2. The zero-order valence-corrected chi connectivity index (χ0v) is 11.9. The Labute approximate surface area is 118 Å². The van der Waals surface area contributed by atoms with Crippen LogP contribution in [0.3, 0.4) is 0 Å². The van der Waals surface area contributed by atoms with E-state index in [0.29, 0.717) is 24.3 Å². The van der Waals surface area contributed by atoms with Crippen molar-refractivity contribution < 1.29 is 19.4 Å². The highest BCUT2D eigenvalue weighted by Gasteiger charge is 2.33. The zero-order valence-electron chi connectivity index (χ0n) is 11.9. The highest BCUT2D eigenvalue weighted by Crippen LogP contribution is 2.16. The second kappa shape index (κ2) is 6.79. The third kappa shape index (κ3) is 4.15. The first kappa shape index (κ1) is 15.8. The molecule has 0 heterocycles. The molecule has 0 saturated heterocycles. The molecule has 0 aliphatic carbocycles. The van der Waals surface area contributed by atoms with E-state index in [9.17, 15) is 14.7 Å². The van der Waals surface area contributed by atoms with E-state index in [1.807, 2.05) is 6.92 Å². The number of nitrogens with one attached hydrogen (secondary N) is 2. The van der Waals surface area contributed by atoms with E-state index in [1.54, 1.807) is 31.4 Å². The number of carbonyl (C=O) groups excluding carboxylic acids is 1. The van der Waals surface area contributed by atoms with E-state index < -0.39 is 17.5 Å². The SMILES string of the molecule is CCCC(C)(NC(=O)Nc1ccc(OC)cc1)C(=O)O. The number of carboxylic acid groups (broad SMARTS) is 1. The van der Waals surface area contributed by atoms with Gasteiger partial charge >= 0.3 is 12.0 Å². The van der Waals surface area contributed by atoms with E-state index >= 15 is 0 Å². The van der Waals surface area contributed by atoms with Crippen LogP contribution in [0.15, 0.2) is 24.3 Å². The summed E-state index contributed by atoms with van der Waals surface area (Å²) in [4.78, 5) is 23.1. The molecule has 0 aromatic heterocycles. The maximum Gasteiger partial charge on any atom is 0.329 e. The van der Waals surface area contributed by atoms with Gasteiger partial charge in [-0.15, -0.1) is 0 Å². The lowest BCUT2D eigenvalue weighted by molar-refractivity contribution is -0.143. The second-order valence-electron chi connectivity index (χ2n) is 4.69. The van der Waals surface area contributed by atoms with Crippen LogP contribution >= 0.6 is 0 Å². The van der Waals surface area contributed by atoms with Gasteiger partial charge in [0.15, 0.2) is 0 Å². The molecule has 1 aromatic rings. The molecule has 0 spiro atoms. The molecule has 1 unspecified atom stereocenters. The van der Waals surface area contributed by atoms with E-state index in [1.165, 1.54) is 6.92 Å². The van der Waals surface area contributed by atoms with Gasteiger partial charge in [0.05, 0.1) is 7.11 Å². The van der Waals surface area contributed by atoms with Gasteiger partial charge in [0.25, 0.3) is 0 Å². The van der Waals surface area contributed by atoms with Crippen molar-refractivity contribution in [2.45, 2.75) is 32.2 Å². The summed E-state index contributed by atoms with van der Waals surface area (Å²) >= 11 is 0. The molecular weight excluding hydrogens is 260 g/mol. The molecule has 0 radical (unpaired) electrons. The number of carbonyl (C=O) groups is 2. The van der Waals surface area contributed by atoms with Crippen molar-refractivity contribution >= 4 is 17.7 Å². The number of benzene rings is 1. The summed E-state index contributed by atoms with van der Waals surface area (Å²) in [5, 5.41) is 14.3. The molecule has 0 fully saturated rings. The van der Waals surface area contributed by atoms with Gasteiger partial charge in [-0.2, -0.15) is 0 Å². The minimum absolute atomic E-state index is 0.359. The fourth-order valence-electron chi connectivity index (χ4n) is 1.81. The molecule has 0 aliphatic rings. The first-order chi connectivity index (χ1) is 9.41. The maximum absolute atomic E-state index is 11.8. The minimum atomic E-state index is -1.27. The molecular formula is C14H20N2O4. The summed E-state index contributed by atoms with van der Waals surface area (Å²) < 4.78 is 5.01. The van der Waals surface area contributed by atoms with Crippen LogP contribution in [0.4, 0.5) is 10.5 Å². The molecule has 3 N–H and O–H groups in total.